The molecule has 1 fully saturated rings. The van der Waals surface area contributed by atoms with Crippen molar-refractivity contribution in [2.75, 3.05) is 11.8 Å². The van der Waals surface area contributed by atoms with E-state index in [0.717, 1.165) is 56.3 Å². The number of hydrogen-bond donors (Lipinski definition) is 1. The van der Waals surface area contributed by atoms with Crippen LogP contribution in [0.25, 0.3) is 11.1 Å². The lowest BCUT2D eigenvalue weighted by Gasteiger charge is -2.24. The molecule has 0 bridgehead atoms. The van der Waals surface area contributed by atoms with Crippen LogP contribution in [0.15, 0.2) is 81.1 Å². The molecule has 51 heavy (non-hydrogen) atoms. The van der Waals surface area contributed by atoms with Crippen LogP contribution in [0.4, 0.5) is 10.2 Å². The van der Waals surface area contributed by atoms with Crippen LogP contribution < -0.4 is 4.72 Å². The molecule has 2 heterocycles. The van der Waals surface area contributed by atoms with Crippen LogP contribution in [0.3, 0.4) is 0 Å². The third-order valence-electron chi connectivity index (χ3n) is 9.93. The molecule has 0 atom stereocenters. The maximum Gasteiger partial charge on any atom is 0.263 e. The van der Waals surface area contributed by atoms with Gasteiger partial charge >= 0.3 is 0 Å². The van der Waals surface area contributed by atoms with Crippen molar-refractivity contribution in [3.8, 4) is 11.1 Å². The van der Waals surface area contributed by atoms with Crippen LogP contribution in [0, 0.1) is 19.7 Å². The van der Waals surface area contributed by atoms with E-state index in [2.05, 4.69) is 16.8 Å². The van der Waals surface area contributed by atoms with Crippen molar-refractivity contribution < 1.29 is 26.9 Å². The lowest BCUT2D eigenvalue weighted by Crippen LogP contribution is -2.40. The van der Waals surface area contributed by atoms with Gasteiger partial charge in [0.25, 0.3) is 15.9 Å². The molecule has 1 saturated carbocycles. The van der Waals surface area contributed by atoms with Crippen LogP contribution in [0.5, 0.6) is 0 Å². The quantitative estimate of drug-likeness (QED) is 0.155. The Hall–Kier alpha value is -4.84. The Kier molecular flexibility index (Phi) is 10.4. The van der Waals surface area contributed by atoms with E-state index in [1.165, 1.54) is 18.2 Å². The van der Waals surface area contributed by atoms with Crippen LogP contribution in [-0.2, 0) is 39.1 Å². The first kappa shape index (κ1) is 36.0. The van der Waals surface area contributed by atoms with Gasteiger partial charge in [-0.25, -0.2) is 12.8 Å². The molecule has 1 spiro atoms. The third kappa shape index (κ3) is 7.61. The van der Waals surface area contributed by atoms with E-state index in [9.17, 15) is 22.4 Å². The Labute approximate surface area is 298 Å². The number of aromatic nitrogens is 1. The van der Waals surface area contributed by atoms with Crippen LogP contribution in [0.1, 0.15) is 79.9 Å². The smallest absolute Gasteiger partial charge is 0.263 e. The maximum absolute atomic E-state index is 13.9. The van der Waals surface area contributed by atoms with Crippen LogP contribution in [0.2, 0.25) is 0 Å². The number of carbonyl (C=O) groups excluding carboxylic acids is 2. The zero-order valence-corrected chi connectivity index (χ0v) is 30.4. The zero-order chi connectivity index (χ0) is 36.3. The molecule has 2 aliphatic rings. The van der Waals surface area contributed by atoms with Gasteiger partial charge in [0.2, 0.25) is 5.91 Å². The molecule has 1 aliphatic carbocycles. The van der Waals surface area contributed by atoms with Crippen LogP contribution in [-0.4, -0.2) is 53.6 Å². The van der Waals surface area contributed by atoms with Crippen molar-refractivity contribution >= 4 is 33.5 Å². The molecule has 268 valence electrons. The normalized spacial score (nSPS) is 15.4. The predicted molar refractivity (Wildman–Crippen MR) is 194 cm³/mol. The number of unbranched alkanes of at least 4 members (excludes halogenated alkanes) is 1. The topological polar surface area (TPSA) is 125 Å². The van der Waals surface area contributed by atoms with Gasteiger partial charge in [0.05, 0.1) is 17.9 Å². The van der Waals surface area contributed by atoms with Crippen molar-refractivity contribution in [2.45, 2.75) is 95.7 Å². The summed E-state index contributed by atoms with van der Waals surface area (Å²) in [6, 6.07) is 18.3. The zero-order valence-electron chi connectivity index (χ0n) is 29.5. The Morgan fingerprint density at radius 1 is 1.02 bits per heavy atom. The van der Waals surface area contributed by atoms with Gasteiger partial charge in [-0.05, 0) is 73.6 Å². The second-order valence-electron chi connectivity index (χ2n) is 13.6. The first-order valence-corrected chi connectivity index (χ1v) is 18.9. The summed E-state index contributed by atoms with van der Waals surface area (Å²) in [6.07, 6.45) is 6.09. The number of carbonyl (C=O) groups is 2. The molecule has 0 saturated heterocycles. The SMILES string of the molecule is CCCCC1=NC2(CCCC2)C(=O)N1Cc1ccc(-c2ccccc2S(=O)(=O)Nc2noc(C)c2C)c(CN(C)C(=O)Cc2cccc(F)c2)c1. The largest absolute Gasteiger partial charge is 0.359 e. The number of anilines is 1. The Bertz CT molecular complexity index is 2090. The molecule has 1 aliphatic heterocycles. The molecule has 0 unspecified atom stereocenters. The lowest BCUT2D eigenvalue weighted by atomic mass is 9.95. The summed E-state index contributed by atoms with van der Waals surface area (Å²) in [5.74, 6) is 0.818. The minimum atomic E-state index is -4.13. The molecule has 3 aromatic carbocycles. The molecule has 2 amide bonds. The van der Waals surface area contributed by atoms with E-state index >= 15 is 0 Å². The minimum Gasteiger partial charge on any atom is -0.359 e. The van der Waals surface area contributed by atoms with Gasteiger partial charge in [-0.2, -0.15) is 0 Å². The number of sulfonamides is 1. The lowest BCUT2D eigenvalue weighted by molar-refractivity contribution is -0.131. The minimum absolute atomic E-state index is 0.00372. The van der Waals surface area contributed by atoms with Crippen molar-refractivity contribution in [1.29, 1.82) is 0 Å². The molecular weight excluding hydrogens is 670 g/mol. The highest BCUT2D eigenvalue weighted by Gasteiger charge is 2.49. The van der Waals surface area contributed by atoms with Gasteiger partial charge in [-0.15, -0.1) is 0 Å². The van der Waals surface area contributed by atoms with Crippen molar-refractivity contribution in [2.24, 2.45) is 4.99 Å². The maximum atomic E-state index is 13.9. The van der Waals surface area contributed by atoms with Gasteiger partial charge in [0.15, 0.2) is 5.82 Å². The number of benzene rings is 3. The van der Waals surface area contributed by atoms with Gasteiger partial charge in [0, 0.05) is 31.1 Å². The summed E-state index contributed by atoms with van der Waals surface area (Å²) in [6.45, 7) is 5.99. The number of amides is 2. The summed E-state index contributed by atoms with van der Waals surface area (Å²) in [4.78, 5) is 35.8. The van der Waals surface area contributed by atoms with Gasteiger partial charge in [-0.1, -0.05) is 79.9 Å². The first-order chi connectivity index (χ1) is 24.4. The Morgan fingerprint density at radius 2 is 1.78 bits per heavy atom. The second kappa shape index (κ2) is 14.8. The average molecular weight is 714 g/mol. The number of nitrogens with one attached hydrogen (secondary N) is 1. The number of rotatable bonds is 13. The molecule has 0 radical (unpaired) electrons. The summed E-state index contributed by atoms with van der Waals surface area (Å²) >= 11 is 0. The van der Waals surface area contributed by atoms with Gasteiger partial charge < -0.3 is 9.42 Å². The number of amidine groups is 1. The monoisotopic (exact) mass is 713 g/mol. The average Bonchev–Trinajstić information content (AvgIpc) is 3.78. The van der Waals surface area contributed by atoms with E-state index in [1.807, 2.05) is 23.1 Å². The summed E-state index contributed by atoms with van der Waals surface area (Å²) in [5, 5.41) is 3.89. The molecule has 1 aromatic heterocycles. The highest BCUT2D eigenvalue weighted by molar-refractivity contribution is 7.92. The third-order valence-corrected chi connectivity index (χ3v) is 11.3. The van der Waals surface area contributed by atoms with Crippen LogP contribution >= 0.6 is 0 Å². The van der Waals surface area contributed by atoms with Crippen molar-refractivity contribution in [1.82, 2.24) is 15.0 Å². The van der Waals surface area contributed by atoms with Gasteiger partial charge in [0.1, 0.15) is 23.0 Å². The summed E-state index contributed by atoms with van der Waals surface area (Å²) in [5.41, 5.74) is 3.02. The number of halogens is 1. The van der Waals surface area contributed by atoms with E-state index < -0.39 is 21.4 Å². The fourth-order valence-electron chi connectivity index (χ4n) is 6.94. The molecule has 1 N–H and O–H groups in total. The second-order valence-corrected chi connectivity index (χ2v) is 15.3. The van der Waals surface area contributed by atoms with Crippen molar-refractivity contribution in [3.63, 3.8) is 0 Å². The van der Waals surface area contributed by atoms with E-state index in [1.54, 1.807) is 56.1 Å². The number of aliphatic imine (C=N–C) groups is 1. The standard InChI is InChI=1S/C39H44FN5O5S/c1-5-6-16-35-41-39(19-9-10-20-39)38(47)45(35)24-29-17-18-32(30(21-29)25-44(4)36(46)23-28-12-11-13-31(40)22-28)33-14-7-8-15-34(33)51(48,49)43-37-26(2)27(3)50-42-37/h7-8,11-15,17-18,21-22H,5-6,9-10,16,19-20,23-25H2,1-4H3,(H,42,43). The highest BCUT2D eigenvalue weighted by atomic mass is 32.2. The van der Waals surface area contributed by atoms with E-state index in [0.29, 0.717) is 40.1 Å². The Balaban J connectivity index is 1.37. The summed E-state index contributed by atoms with van der Waals surface area (Å²) in [7, 11) is -2.46. The fraction of sp³-hybridized carbons (Fsp3) is 0.385. The molecule has 6 rings (SSSR count). The highest BCUT2D eigenvalue weighted by Crippen LogP contribution is 2.40. The van der Waals surface area contributed by atoms with E-state index in [-0.39, 0.29) is 35.5 Å². The van der Waals surface area contributed by atoms with Crippen molar-refractivity contribution in [3.05, 3.63) is 101 Å². The Morgan fingerprint density at radius 3 is 2.49 bits per heavy atom. The number of hydrogen-bond acceptors (Lipinski definition) is 7. The number of nitrogens with zero attached hydrogens (tertiary/aromatic N) is 4. The number of aryl methyl sites for hydroxylation is 1. The van der Waals surface area contributed by atoms with E-state index in [4.69, 9.17) is 9.52 Å². The first-order valence-electron chi connectivity index (χ1n) is 17.5. The van der Waals surface area contributed by atoms with Gasteiger partial charge in [-0.3, -0.25) is 24.2 Å². The fourth-order valence-corrected chi connectivity index (χ4v) is 8.22. The molecule has 4 aromatic rings. The summed E-state index contributed by atoms with van der Waals surface area (Å²) < 4.78 is 49.4. The predicted octanol–water partition coefficient (Wildman–Crippen LogP) is 7.34. The molecule has 10 nitrogen and oxygen atoms in total. The molecule has 12 heteroatoms. The number of likely N-dealkylation sites (N-methyl/N-ethyl adjacent to an activating group) is 1. The molecular formula is C39H44FN5O5S.